The van der Waals surface area contributed by atoms with Crippen LogP contribution in [0.3, 0.4) is 0 Å². The van der Waals surface area contributed by atoms with Gasteiger partial charge in [-0.1, -0.05) is 42.5 Å². The molecule has 0 bridgehead atoms. The van der Waals surface area contributed by atoms with Crippen LogP contribution in [0.5, 0.6) is 0 Å². The third-order valence-corrected chi connectivity index (χ3v) is 5.09. The third kappa shape index (κ3) is 3.82. The van der Waals surface area contributed by atoms with Gasteiger partial charge in [0.1, 0.15) is 17.2 Å². The molecule has 0 unspecified atom stereocenters. The Kier molecular flexibility index (Phi) is 5.21. The molecule has 144 valence electrons. The first-order valence-electron chi connectivity index (χ1n) is 9.49. The van der Waals surface area contributed by atoms with Gasteiger partial charge in [-0.05, 0) is 24.6 Å². The van der Waals surface area contributed by atoms with E-state index in [0.29, 0.717) is 30.1 Å². The molecule has 1 saturated heterocycles. The fourth-order valence-corrected chi connectivity index (χ4v) is 3.58. The number of imidazole rings is 1. The van der Waals surface area contributed by atoms with E-state index in [0.717, 1.165) is 19.6 Å². The summed E-state index contributed by atoms with van der Waals surface area (Å²) >= 11 is 0. The predicted molar refractivity (Wildman–Crippen MR) is 108 cm³/mol. The van der Waals surface area contributed by atoms with Gasteiger partial charge in [0.2, 0.25) is 0 Å². The number of hydrogen-bond donors (Lipinski definition) is 0. The Morgan fingerprint density at radius 3 is 2.61 bits per heavy atom. The van der Waals surface area contributed by atoms with E-state index >= 15 is 0 Å². The topological polar surface area (TPSA) is 40.9 Å². The highest BCUT2D eigenvalue weighted by Gasteiger charge is 2.26. The minimum absolute atomic E-state index is 0.0879. The van der Waals surface area contributed by atoms with Crippen LogP contribution >= 0.6 is 0 Å². The number of piperazine rings is 1. The Morgan fingerprint density at radius 2 is 1.86 bits per heavy atom. The Labute approximate surface area is 163 Å². The van der Waals surface area contributed by atoms with Crippen LogP contribution in [0.2, 0.25) is 0 Å². The molecular weight excluding hydrogens is 355 g/mol. The molecule has 1 fully saturated rings. The van der Waals surface area contributed by atoms with E-state index < -0.39 is 0 Å². The minimum Gasteiger partial charge on any atom is -0.335 e. The van der Waals surface area contributed by atoms with Crippen molar-refractivity contribution in [2.75, 3.05) is 32.7 Å². The smallest absolute Gasteiger partial charge is 0.272 e. The van der Waals surface area contributed by atoms with Gasteiger partial charge in [-0.15, -0.1) is 0 Å². The molecule has 28 heavy (non-hydrogen) atoms. The van der Waals surface area contributed by atoms with Crippen LogP contribution in [0.15, 0.2) is 54.7 Å². The van der Waals surface area contributed by atoms with Crippen molar-refractivity contribution in [3.63, 3.8) is 0 Å². The highest BCUT2D eigenvalue weighted by atomic mass is 19.1. The zero-order valence-electron chi connectivity index (χ0n) is 15.9. The number of amides is 1. The number of halogens is 1. The number of rotatable bonds is 4. The first-order valence-corrected chi connectivity index (χ1v) is 9.49. The number of aromatic nitrogens is 2. The Bertz CT molecular complexity index is 1000. The largest absolute Gasteiger partial charge is 0.335 e. The zero-order valence-corrected chi connectivity index (χ0v) is 15.9. The van der Waals surface area contributed by atoms with Crippen molar-refractivity contribution in [3.8, 4) is 0 Å². The monoisotopic (exact) mass is 378 g/mol. The number of fused-ring (bicyclic) bond motifs is 1. The summed E-state index contributed by atoms with van der Waals surface area (Å²) in [5.41, 5.74) is 2.86. The van der Waals surface area contributed by atoms with Crippen LogP contribution in [-0.2, 0) is 0 Å². The van der Waals surface area contributed by atoms with Crippen molar-refractivity contribution in [1.29, 1.82) is 0 Å². The predicted octanol–water partition coefficient (Wildman–Crippen LogP) is 3.25. The number of carbonyl (C=O) groups is 1. The van der Waals surface area contributed by atoms with Gasteiger partial charge < -0.3 is 4.90 Å². The Hall–Kier alpha value is -2.99. The van der Waals surface area contributed by atoms with Gasteiger partial charge in [0.15, 0.2) is 0 Å². The van der Waals surface area contributed by atoms with Gasteiger partial charge in [-0.2, -0.15) is 0 Å². The summed E-state index contributed by atoms with van der Waals surface area (Å²) < 4.78 is 15.2. The zero-order chi connectivity index (χ0) is 19.5. The van der Waals surface area contributed by atoms with Crippen molar-refractivity contribution in [1.82, 2.24) is 19.2 Å². The highest BCUT2D eigenvalue weighted by molar-refractivity contribution is 5.94. The molecule has 0 saturated carbocycles. The quantitative estimate of drug-likeness (QED) is 0.700. The number of carbonyl (C=O) groups excluding carboxylic acids is 1. The molecule has 3 aromatic rings. The fraction of sp³-hybridized carbons (Fsp3) is 0.273. The summed E-state index contributed by atoms with van der Waals surface area (Å²) in [6, 6.07) is 13.2. The molecule has 0 spiro atoms. The lowest BCUT2D eigenvalue weighted by atomic mass is 10.2. The van der Waals surface area contributed by atoms with Crippen LogP contribution in [0.25, 0.3) is 11.7 Å². The molecule has 1 amide bonds. The maximum atomic E-state index is 13.6. The van der Waals surface area contributed by atoms with Gasteiger partial charge in [0.25, 0.3) is 5.91 Å². The van der Waals surface area contributed by atoms with E-state index in [4.69, 9.17) is 0 Å². The van der Waals surface area contributed by atoms with Gasteiger partial charge in [-0.25, -0.2) is 9.37 Å². The fourth-order valence-electron chi connectivity index (χ4n) is 3.58. The molecule has 1 aliphatic heterocycles. The van der Waals surface area contributed by atoms with Crippen LogP contribution in [0.1, 0.15) is 21.7 Å². The molecule has 5 nitrogen and oxygen atoms in total. The van der Waals surface area contributed by atoms with E-state index in [9.17, 15) is 9.18 Å². The normalized spacial score (nSPS) is 15.6. The van der Waals surface area contributed by atoms with Gasteiger partial charge in [0, 0.05) is 38.9 Å². The van der Waals surface area contributed by atoms with Crippen molar-refractivity contribution in [2.24, 2.45) is 0 Å². The van der Waals surface area contributed by atoms with E-state index in [2.05, 4.69) is 34.2 Å². The number of nitrogens with zero attached hydrogens (tertiary/aromatic N) is 4. The first kappa shape index (κ1) is 18.4. The molecular formula is C22H23FN4O. The van der Waals surface area contributed by atoms with Crippen LogP contribution in [0, 0.1) is 12.7 Å². The SMILES string of the molecule is Cc1nc2ccc(F)cn2c1C(=O)N1CCN(C/C=C/c2ccccc2)CC1. The Morgan fingerprint density at radius 1 is 1.11 bits per heavy atom. The molecule has 0 radical (unpaired) electrons. The van der Waals surface area contributed by atoms with Crippen LogP contribution in [0.4, 0.5) is 4.39 Å². The highest BCUT2D eigenvalue weighted by Crippen LogP contribution is 2.16. The van der Waals surface area contributed by atoms with E-state index in [1.807, 2.05) is 23.1 Å². The van der Waals surface area contributed by atoms with E-state index in [1.54, 1.807) is 17.4 Å². The number of benzene rings is 1. The van der Waals surface area contributed by atoms with Crippen molar-refractivity contribution >= 4 is 17.6 Å². The van der Waals surface area contributed by atoms with Gasteiger partial charge in [-0.3, -0.25) is 14.1 Å². The lowest BCUT2D eigenvalue weighted by molar-refractivity contribution is 0.0642. The minimum atomic E-state index is -0.381. The van der Waals surface area contributed by atoms with Crippen molar-refractivity contribution < 1.29 is 9.18 Å². The second-order valence-electron chi connectivity index (χ2n) is 7.03. The first-order chi connectivity index (χ1) is 13.6. The molecule has 1 aliphatic rings. The average Bonchev–Trinajstić information content (AvgIpc) is 3.04. The molecule has 6 heteroatoms. The lowest BCUT2D eigenvalue weighted by Crippen LogP contribution is -2.49. The van der Waals surface area contributed by atoms with Gasteiger partial charge >= 0.3 is 0 Å². The number of hydrogen-bond acceptors (Lipinski definition) is 3. The summed E-state index contributed by atoms with van der Waals surface area (Å²) in [5, 5.41) is 0. The third-order valence-electron chi connectivity index (χ3n) is 5.09. The molecule has 3 heterocycles. The molecule has 0 N–H and O–H groups in total. The van der Waals surface area contributed by atoms with E-state index in [1.165, 1.54) is 17.8 Å². The van der Waals surface area contributed by atoms with Crippen LogP contribution < -0.4 is 0 Å². The summed E-state index contributed by atoms with van der Waals surface area (Å²) in [5.74, 6) is -0.468. The maximum Gasteiger partial charge on any atom is 0.272 e. The molecule has 4 rings (SSSR count). The van der Waals surface area contributed by atoms with Crippen LogP contribution in [-0.4, -0.2) is 57.8 Å². The average molecular weight is 378 g/mol. The standard InChI is InChI=1S/C22H23FN4O/c1-17-21(27-16-19(23)9-10-20(27)24-17)22(28)26-14-12-25(13-15-26)11-5-8-18-6-3-2-4-7-18/h2-10,16H,11-15H2,1H3/b8-5+. The summed E-state index contributed by atoms with van der Waals surface area (Å²) in [6.45, 7) is 5.59. The second kappa shape index (κ2) is 7.94. The summed E-state index contributed by atoms with van der Waals surface area (Å²) in [4.78, 5) is 21.6. The second-order valence-corrected chi connectivity index (χ2v) is 7.03. The Balaban J connectivity index is 1.39. The lowest BCUT2D eigenvalue weighted by Gasteiger charge is -2.34. The van der Waals surface area contributed by atoms with Crippen molar-refractivity contribution in [3.05, 3.63) is 77.5 Å². The summed E-state index contributed by atoms with van der Waals surface area (Å²) in [6.07, 6.45) is 5.60. The molecule has 0 atom stereocenters. The number of pyridine rings is 1. The number of aryl methyl sites for hydroxylation is 1. The summed E-state index contributed by atoms with van der Waals surface area (Å²) in [7, 11) is 0. The molecule has 2 aromatic heterocycles. The van der Waals surface area contributed by atoms with Crippen molar-refractivity contribution in [2.45, 2.75) is 6.92 Å². The van der Waals surface area contributed by atoms with Gasteiger partial charge in [0.05, 0.1) is 5.69 Å². The molecule has 0 aliphatic carbocycles. The maximum absolute atomic E-state index is 13.6. The molecule has 1 aromatic carbocycles. The van der Waals surface area contributed by atoms with E-state index in [-0.39, 0.29) is 11.7 Å².